The molecule has 0 bridgehead atoms. The average Bonchev–Trinajstić information content (AvgIpc) is 2.90. The Labute approximate surface area is 95.5 Å². The first-order chi connectivity index (χ1) is 7.32. The van der Waals surface area contributed by atoms with E-state index in [2.05, 4.69) is 21.7 Å². The minimum atomic E-state index is 0.309. The largest absolute Gasteiger partial charge is 0.370 e. The van der Waals surface area contributed by atoms with Gasteiger partial charge < -0.3 is 10.6 Å². The number of aliphatic imine (C=N–C) groups is 1. The third kappa shape index (κ3) is 1.45. The first kappa shape index (κ1) is 9.82. The molecule has 4 heteroatoms. The van der Waals surface area contributed by atoms with Gasteiger partial charge in [-0.25, -0.2) is 0 Å². The van der Waals surface area contributed by atoms with Crippen molar-refractivity contribution in [3.63, 3.8) is 0 Å². The number of nitrogens with zero attached hydrogens (tertiary/aromatic N) is 2. The van der Waals surface area contributed by atoms with E-state index in [1.807, 2.05) is 0 Å². The number of thioether (sulfide) groups is 1. The van der Waals surface area contributed by atoms with Crippen molar-refractivity contribution >= 4 is 17.7 Å². The van der Waals surface area contributed by atoms with Crippen molar-refractivity contribution in [2.75, 3.05) is 18.1 Å². The van der Waals surface area contributed by atoms with Gasteiger partial charge in [0.15, 0.2) is 5.96 Å². The summed E-state index contributed by atoms with van der Waals surface area (Å²) in [4.78, 5) is 6.99. The standard InChI is InChI=1S/C11H19N3S/c12-10-13-7-11(5-6-15-8-11)14(10)9-3-1-2-4-9/h9H,1-8H2,(H2,12,13). The Bertz CT molecular complexity index is 278. The number of guanidine groups is 1. The molecule has 2 heterocycles. The normalized spacial score (nSPS) is 36.8. The van der Waals surface area contributed by atoms with Crippen LogP contribution in [0.1, 0.15) is 32.1 Å². The van der Waals surface area contributed by atoms with Gasteiger partial charge in [-0.2, -0.15) is 11.8 Å². The van der Waals surface area contributed by atoms with E-state index in [0.717, 1.165) is 12.5 Å². The van der Waals surface area contributed by atoms with E-state index in [1.165, 1.54) is 43.6 Å². The van der Waals surface area contributed by atoms with E-state index >= 15 is 0 Å². The zero-order valence-corrected chi connectivity index (χ0v) is 9.93. The first-order valence-electron chi connectivity index (χ1n) is 5.99. The highest BCUT2D eigenvalue weighted by Gasteiger charge is 2.47. The summed E-state index contributed by atoms with van der Waals surface area (Å²) in [5.41, 5.74) is 6.39. The van der Waals surface area contributed by atoms with E-state index in [0.29, 0.717) is 11.6 Å². The summed E-state index contributed by atoms with van der Waals surface area (Å²) in [6, 6.07) is 0.690. The smallest absolute Gasteiger partial charge is 0.192 e. The molecular formula is C11H19N3S. The summed E-state index contributed by atoms with van der Waals surface area (Å²) in [6.45, 7) is 0.947. The van der Waals surface area contributed by atoms with Crippen molar-refractivity contribution in [2.45, 2.75) is 43.7 Å². The van der Waals surface area contributed by atoms with Gasteiger partial charge >= 0.3 is 0 Å². The number of rotatable bonds is 1. The molecule has 1 spiro atoms. The molecule has 1 saturated heterocycles. The summed E-state index contributed by atoms with van der Waals surface area (Å²) in [7, 11) is 0. The van der Waals surface area contributed by atoms with Crippen molar-refractivity contribution in [3.05, 3.63) is 0 Å². The summed E-state index contributed by atoms with van der Waals surface area (Å²) >= 11 is 2.06. The van der Waals surface area contributed by atoms with Gasteiger partial charge in [0.05, 0.1) is 12.1 Å². The fourth-order valence-electron chi connectivity index (χ4n) is 3.27. The molecular weight excluding hydrogens is 206 g/mol. The molecule has 2 N–H and O–H groups in total. The average molecular weight is 225 g/mol. The zero-order chi connectivity index (χ0) is 10.3. The predicted molar refractivity (Wildman–Crippen MR) is 65.3 cm³/mol. The quantitative estimate of drug-likeness (QED) is 0.734. The molecule has 3 nitrogen and oxygen atoms in total. The Kier molecular flexibility index (Phi) is 2.34. The molecule has 1 saturated carbocycles. The van der Waals surface area contributed by atoms with Gasteiger partial charge in [0.25, 0.3) is 0 Å². The topological polar surface area (TPSA) is 41.6 Å². The highest BCUT2D eigenvalue weighted by Crippen LogP contribution is 2.40. The fraction of sp³-hybridized carbons (Fsp3) is 0.909. The van der Waals surface area contributed by atoms with Crippen LogP contribution in [-0.2, 0) is 0 Å². The molecule has 0 aromatic rings. The first-order valence-corrected chi connectivity index (χ1v) is 7.14. The lowest BCUT2D eigenvalue weighted by atomic mass is 9.95. The minimum absolute atomic E-state index is 0.309. The summed E-state index contributed by atoms with van der Waals surface area (Å²) < 4.78 is 0. The van der Waals surface area contributed by atoms with Gasteiger partial charge in [-0.1, -0.05) is 12.8 Å². The molecule has 1 unspecified atom stereocenters. The highest BCUT2D eigenvalue weighted by atomic mass is 32.2. The molecule has 2 fully saturated rings. The Morgan fingerprint density at radius 2 is 2.20 bits per heavy atom. The second-order valence-corrected chi connectivity index (χ2v) is 6.11. The third-order valence-electron chi connectivity index (χ3n) is 4.07. The van der Waals surface area contributed by atoms with E-state index in [-0.39, 0.29) is 0 Å². The molecule has 0 amide bonds. The fourth-order valence-corrected chi connectivity index (χ4v) is 4.69. The molecule has 0 aromatic carbocycles. The Hall–Kier alpha value is -0.380. The van der Waals surface area contributed by atoms with Crippen LogP contribution < -0.4 is 5.73 Å². The Balaban J connectivity index is 1.84. The number of hydrogen-bond acceptors (Lipinski definition) is 4. The van der Waals surface area contributed by atoms with Crippen LogP contribution in [0.25, 0.3) is 0 Å². The molecule has 0 radical (unpaired) electrons. The minimum Gasteiger partial charge on any atom is -0.370 e. The van der Waals surface area contributed by atoms with Crippen LogP contribution in [0.15, 0.2) is 4.99 Å². The van der Waals surface area contributed by atoms with Gasteiger partial charge in [0.2, 0.25) is 0 Å². The van der Waals surface area contributed by atoms with Gasteiger partial charge in [-0.05, 0) is 25.0 Å². The lowest BCUT2D eigenvalue weighted by Crippen LogP contribution is -2.55. The zero-order valence-electron chi connectivity index (χ0n) is 9.11. The van der Waals surface area contributed by atoms with Crippen LogP contribution in [0.3, 0.4) is 0 Å². The van der Waals surface area contributed by atoms with Crippen LogP contribution in [0.4, 0.5) is 0 Å². The van der Waals surface area contributed by atoms with Crippen molar-refractivity contribution in [1.29, 1.82) is 0 Å². The van der Waals surface area contributed by atoms with Gasteiger partial charge in [0.1, 0.15) is 0 Å². The van der Waals surface area contributed by atoms with Crippen molar-refractivity contribution in [1.82, 2.24) is 4.90 Å². The molecule has 3 aliphatic rings. The summed E-state index contributed by atoms with van der Waals surface area (Å²) in [6.07, 6.45) is 6.67. The van der Waals surface area contributed by atoms with Crippen molar-refractivity contribution in [3.8, 4) is 0 Å². The molecule has 3 rings (SSSR count). The maximum atomic E-state index is 6.08. The van der Waals surface area contributed by atoms with Crippen molar-refractivity contribution < 1.29 is 0 Å². The maximum Gasteiger partial charge on any atom is 0.192 e. The Morgan fingerprint density at radius 3 is 2.87 bits per heavy atom. The maximum absolute atomic E-state index is 6.08. The number of hydrogen-bond donors (Lipinski definition) is 1. The van der Waals surface area contributed by atoms with E-state index in [4.69, 9.17) is 5.73 Å². The summed E-state index contributed by atoms with van der Waals surface area (Å²) in [5, 5.41) is 0. The Morgan fingerprint density at radius 1 is 1.40 bits per heavy atom. The van der Waals surface area contributed by atoms with E-state index in [1.54, 1.807) is 0 Å². The second kappa shape index (κ2) is 3.58. The number of nitrogens with two attached hydrogens (primary N) is 1. The molecule has 15 heavy (non-hydrogen) atoms. The van der Waals surface area contributed by atoms with Gasteiger partial charge in [0, 0.05) is 11.8 Å². The van der Waals surface area contributed by atoms with E-state index in [9.17, 15) is 0 Å². The van der Waals surface area contributed by atoms with Crippen LogP contribution in [0.5, 0.6) is 0 Å². The van der Waals surface area contributed by atoms with Crippen LogP contribution in [0, 0.1) is 0 Å². The van der Waals surface area contributed by atoms with Crippen molar-refractivity contribution in [2.24, 2.45) is 10.7 Å². The molecule has 84 valence electrons. The van der Waals surface area contributed by atoms with Gasteiger partial charge in [-0.3, -0.25) is 4.99 Å². The lowest BCUT2D eigenvalue weighted by molar-refractivity contribution is 0.173. The van der Waals surface area contributed by atoms with Crippen LogP contribution in [-0.4, -0.2) is 40.5 Å². The molecule has 1 atom stereocenters. The summed E-state index contributed by atoms with van der Waals surface area (Å²) in [5.74, 6) is 3.34. The monoisotopic (exact) mass is 225 g/mol. The second-order valence-electron chi connectivity index (χ2n) is 5.01. The SMILES string of the molecule is NC1=NCC2(CCSC2)N1C1CCCC1. The van der Waals surface area contributed by atoms with Crippen LogP contribution >= 0.6 is 11.8 Å². The third-order valence-corrected chi connectivity index (χ3v) is 5.30. The predicted octanol–water partition coefficient (Wildman–Crippen LogP) is 1.43. The van der Waals surface area contributed by atoms with Crippen LogP contribution in [0.2, 0.25) is 0 Å². The van der Waals surface area contributed by atoms with E-state index < -0.39 is 0 Å². The molecule has 1 aliphatic carbocycles. The lowest BCUT2D eigenvalue weighted by Gasteiger charge is -2.40. The molecule has 0 aromatic heterocycles. The molecule has 2 aliphatic heterocycles. The van der Waals surface area contributed by atoms with Gasteiger partial charge in [-0.15, -0.1) is 0 Å². The highest BCUT2D eigenvalue weighted by molar-refractivity contribution is 7.99.